The van der Waals surface area contributed by atoms with Crippen LogP contribution in [0.1, 0.15) is 31.2 Å². The van der Waals surface area contributed by atoms with Gasteiger partial charge in [-0.15, -0.1) is 0 Å². The number of non-ortho nitro benzene ring substituents is 1. The number of halogens is 1. The molecule has 0 aliphatic heterocycles. The molecule has 1 saturated carbocycles. The zero-order valence-electron chi connectivity index (χ0n) is 11.6. The lowest BCUT2D eigenvalue weighted by molar-refractivity contribution is -0.385. The number of hydrogen-bond donors (Lipinski definition) is 2. The molecule has 0 unspecified atom stereocenters. The summed E-state index contributed by atoms with van der Waals surface area (Å²) in [5.41, 5.74) is 0.920. The molecule has 0 spiro atoms. The van der Waals surface area contributed by atoms with Crippen molar-refractivity contribution in [3.05, 3.63) is 38.3 Å². The molecule has 114 valence electrons. The zero-order valence-corrected chi connectivity index (χ0v) is 13.2. The van der Waals surface area contributed by atoms with Crippen molar-refractivity contribution in [3.8, 4) is 0 Å². The van der Waals surface area contributed by atoms with Crippen molar-refractivity contribution in [2.45, 2.75) is 38.3 Å². The Bertz CT molecular complexity index is 532. The van der Waals surface area contributed by atoms with E-state index in [9.17, 15) is 14.9 Å². The van der Waals surface area contributed by atoms with Crippen molar-refractivity contribution >= 4 is 27.5 Å². The van der Waals surface area contributed by atoms with Gasteiger partial charge in [0.15, 0.2) is 0 Å². The van der Waals surface area contributed by atoms with E-state index in [1.165, 1.54) is 6.07 Å². The fraction of sp³-hybridized carbons (Fsp3) is 0.500. The third-order valence-corrected chi connectivity index (χ3v) is 3.64. The lowest BCUT2D eigenvalue weighted by Gasteiger charge is -2.06. The summed E-state index contributed by atoms with van der Waals surface area (Å²) >= 11 is 3.27. The fourth-order valence-corrected chi connectivity index (χ4v) is 2.50. The summed E-state index contributed by atoms with van der Waals surface area (Å²) in [4.78, 5) is 21.8. The van der Waals surface area contributed by atoms with Gasteiger partial charge in [-0.25, -0.2) is 0 Å². The van der Waals surface area contributed by atoms with Crippen LogP contribution in [0.4, 0.5) is 5.69 Å². The normalized spacial score (nSPS) is 14.0. The van der Waals surface area contributed by atoms with Crippen LogP contribution >= 0.6 is 15.9 Å². The maximum atomic E-state index is 11.5. The molecule has 2 rings (SSSR count). The molecule has 1 aromatic rings. The molecular formula is C14H18BrN3O3. The number of amides is 1. The quantitative estimate of drug-likeness (QED) is 0.426. The van der Waals surface area contributed by atoms with Crippen molar-refractivity contribution in [2.75, 3.05) is 6.54 Å². The summed E-state index contributed by atoms with van der Waals surface area (Å²) in [6, 6.07) is 5.29. The van der Waals surface area contributed by atoms with Gasteiger partial charge in [-0.3, -0.25) is 14.9 Å². The highest BCUT2D eigenvalue weighted by Crippen LogP contribution is 2.21. The molecule has 0 saturated heterocycles. The second-order valence-electron chi connectivity index (χ2n) is 5.20. The molecule has 0 heterocycles. The van der Waals surface area contributed by atoms with Crippen LogP contribution in [0.25, 0.3) is 0 Å². The van der Waals surface area contributed by atoms with Gasteiger partial charge in [0, 0.05) is 35.6 Å². The molecule has 2 N–H and O–H groups in total. The number of carbonyl (C=O) groups is 1. The van der Waals surface area contributed by atoms with Crippen molar-refractivity contribution in [1.29, 1.82) is 0 Å². The summed E-state index contributed by atoms with van der Waals surface area (Å²) in [6.07, 6.45) is 3.48. The molecule has 1 aliphatic rings. The average Bonchev–Trinajstić information content (AvgIpc) is 3.21. The first-order valence-corrected chi connectivity index (χ1v) is 7.78. The van der Waals surface area contributed by atoms with Gasteiger partial charge in [0.1, 0.15) is 0 Å². The molecule has 1 aromatic carbocycles. The Morgan fingerprint density at radius 3 is 2.81 bits per heavy atom. The van der Waals surface area contributed by atoms with Crippen LogP contribution < -0.4 is 10.6 Å². The highest BCUT2D eigenvalue weighted by molar-refractivity contribution is 9.10. The van der Waals surface area contributed by atoms with E-state index >= 15 is 0 Å². The van der Waals surface area contributed by atoms with Gasteiger partial charge >= 0.3 is 0 Å². The number of benzene rings is 1. The van der Waals surface area contributed by atoms with Crippen LogP contribution in [0.5, 0.6) is 0 Å². The van der Waals surface area contributed by atoms with E-state index < -0.39 is 4.92 Å². The molecule has 7 heteroatoms. The fourth-order valence-electron chi connectivity index (χ4n) is 1.97. The van der Waals surface area contributed by atoms with E-state index in [2.05, 4.69) is 26.6 Å². The van der Waals surface area contributed by atoms with Gasteiger partial charge in [-0.1, -0.05) is 15.9 Å². The number of carbonyl (C=O) groups excluding carboxylic acids is 1. The SMILES string of the molecule is O=C(CCCNCc1cc(Br)cc([N+](=O)[O-])c1)NC1CC1. The first-order chi connectivity index (χ1) is 10.0. The molecule has 21 heavy (non-hydrogen) atoms. The van der Waals surface area contributed by atoms with E-state index in [1.807, 2.05) is 6.07 Å². The van der Waals surface area contributed by atoms with Gasteiger partial charge in [-0.2, -0.15) is 0 Å². The maximum Gasteiger partial charge on any atom is 0.270 e. The number of nitrogens with zero attached hydrogens (tertiary/aromatic N) is 1. The Balaban J connectivity index is 1.68. The molecule has 6 nitrogen and oxygen atoms in total. The van der Waals surface area contributed by atoms with E-state index in [0.29, 0.717) is 30.0 Å². The predicted octanol–water partition coefficient (Wildman–Crippen LogP) is 2.51. The third kappa shape index (κ3) is 5.81. The number of rotatable bonds is 8. The Kier molecular flexibility index (Phi) is 5.69. The van der Waals surface area contributed by atoms with Crippen LogP contribution in [-0.2, 0) is 11.3 Å². The smallest absolute Gasteiger partial charge is 0.270 e. The second kappa shape index (κ2) is 7.51. The van der Waals surface area contributed by atoms with Crippen LogP contribution in [0, 0.1) is 10.1 Å². The molecule has 0 radical (unpaired) electrons. The van der Waals surface area contributed by atoms with E-state index in [-0.39, 0.29) is 11.6 Å². The summed E-state index contributed by atoms with van der Waals surface area (Å²) in [5, 5.41) is 16.9. The van der Waals surface area contributed by atoms with E-state index in [1.54, 1.807) is 6.07 Å². The Hall–Kier alpha value is -1.47. The largest absolute Gasteiger partial charge is 0.353 e. The lowest BCUT2D eigenvalue weighted by Crippen LogP contribution is -2.26. The summed E-state index contributed by atoms with van der Waals surface area (Å²) in [7, 11) is 0. The Morgan fingerprint density at radius 1 is 1.38 bits per heavy atom. The van der Waals surface area contributed by atoms with Crippen molar-refractivity contribution in [3.63, 3.8) is 0 Å². The molecule has 0 aromatic heterocycles. The minimum absolute atomic E-state index is 0.0741. The Morgan fingerprint density at radius 2 is 2.14 bits per heavy atom. The number of hydrogen-bond acceptors (Lipinski definition) is 4. The standard InChI is InChI=1S/C14H18BrN3O3/c15-11-6-10(7-13(8-11)18(20)21)9-16-5-1-2-14(19)17-12-3-4-12/h6-8,12,16H,1-5,9H2,(H,17,19). The molecule has 1 amide bonds. The van der Waals surface area contributed by atoms with Crippen molar-refractivity contribution < 1.29 is 9.72 Å². The first kappa shape index (κ1) is 15.9. The minimum Gasteiger partial charge on any atom is -0.353 e. The van der Waals surface area contributed by atoms with Crippen LogP contribution in [-0.4, -0.2) is 23.4 Å². The third-order valence-electron chi connectivity index (χ3n) is 3.18. The number of nitro groups is 1. The number of nitrogens with one attached hydrogen (secondary N) is 2. The molecule has 0 atom stereocenters. The molecule has 1 fully saturated rings. The Labute approximate surface area is 131 Å². The van der Waals surface area contributed by atoms with Gasteiger partial charge in [0.2, 0.25) is 5.91 Å². The topological polar surface area (TPSA) is 84.3 Å². The van der Waals surface area contributed by atoms with Gasteiger partial charge < -0.3 is 10.6 Å². The van der Waals surface area contributed by atoms with E-state index in [0.717, 1.165) is 24.8 Å². The molecule has 1 aliphatic carbocycles. The van der Waals surface area contributed by atoms with Crippen molar-refractivity contribution in [2.24, 2.45) is 0 Å². The van der Waals surface area contributed by atoms with Gasteiger partial charge in [0.25, 0.3) is 5.69 Å². The zero-order chi connectivity index (χ0) is 15.2. The minimum atomic E-state index is -0.406. The average molecular weight is 356 g/mol. The van der Waals surface area contributed by atoms with Gasteiger partial charge in [-0.05, 0) is 37.4 Å². The summed E-state index contributed by atoms with van der Waals surface area (Å²) < 4.78 is 0.692. The van der Waals surface area contributed by atoms with Crippen LogP contribution in [0.3, 0.4) is 0 Å². The second-order valence-corrected chi connectivity index (χ2v) is 6.11. The highest BCUT2D eigenvalue weighted by Gasteiger charge is 2.22. The lowest BCUT2D eigenvalue weighted by atomic mass is 10.2. The summed E-state index contributed by atoms with van der Waals surface area (Å²) in [6.45, 7) is 1.25. The van der Waals surface area contributed by atoms with Crippen LogP contribution in [0.2, 0.25) is 0 Å². The monoisotopic (exact) mass is 355 g/mol. The van der Waals surface area contributed by atoms with Crippen LogP contribution in [0.15, 0.2) is 22.7 Å². The molecule has 0 bridgehead atoms. The first-order valence-electron chi connectivity index (χ1n) is 6.98. The highest BCUT2D eigenvalue weighted by atomic mass is 79.9. The molecular weight excluding hydrogens is 338 g/mol. The van der Waals surface area contributed by atoms with Crippen molar-refractivity contribution in [1.82, 2.24) is 10.6 Å². The summed E-state index contributed by atoms with van der Waals surface area (Å²) in [5.74, 6) is 0.109. The van der Waals surface area contributed by atoms with E-state index in [4.69, 9.17) is 0 Å². The predicted molar refractivity (Wildman–Crippen MR) is 82.9 cm³/mol. The maximum absolute atomic E-state index is 11.5. The van der Waals surface area contributed by atoms with Gasteiger partial charge in [0.05, 0.1) is 4.92 Å². The number of nitro benzene ring substituents is 1.